The third-order valence-electron chi connectivity index (χ3n) is 3.38. The van der Waals surface area contributed by atoms with Crippen LogP contribution >= 0.6 is 0 Å². The zero-order valence-electron chi connectivity index (χ0n) is 9.49. The maximum absolute atomic E-state index is 12.0. The summed E-state index contributed by atoms with van der Waals surface area (Å²) in [7, 11) is 2.11. The van der Waals surface area contributed by atoms with Crippen molar-refractivity contribution in [2.45, 2.75) is 45.1 Å². The Hall–Kier alpha value is -0.505. The zero-order chi connectivity index (χ0) is 10.7. The van der Waals surface area contributed by atoms with Crippen LogP contribution in [0.15, 0.2) is 0 Å². The van der Waals surface area contributed by atoms with Gasteiger partial charge in [0.15, 0.2) is 0 Å². The minimum Gasteiger partial charge on any atom is -0.347 e. The lowest BCUT2D eigenvalue weighted by atomic mass is 9.92. The molecule has 0 aliphatic carbocycles. The van der Waals surface area contributed by atoms with Crippen molar-refractivity contribution in [1.29, 1.82) is 0 Å². The Kier molecular flexibility index (Phi) is 3.99. The highest BCUT2D eigenvalue weighted by molar-refractivity contribution is 6.13. The number of amides is 1. The molecule has 1 rings (SSSR count). The van der Waals surface area contributed by atoms with Gasteiger partial charge in [0.2, 0.25) is 5.91 Å². The normalized spacial score (nSPS) is 26.2. The highest BCUT2D eigenvalue weighted by atomic mass is 16.2. The van der Waals surface area contributed by atoms with Gasteiger partial charge in [0.25, 0.3) is 0 Å². The molecule has 0 saturated carbocycles. The van der Waals surface area contributed by atoms with Crippen molar-refractivity contribution >= 4 is 13.8 Å². The first kappa shape index (κ1) is 11.6. The van der Waals surface area contributed by atoms with E-state index in [0.29, 0.717) is 5.94 Å². The van der Waals surface area contributed by atoms with E-state index in [2.05, 4.69) is 14.8 Å². The molecule has 0 spiro atoms. The van der Waals surface area contributed by atoms with Gasteiger partial charge in [0.05, 0.1) is 6.04 Å². The van der Waals surface area contributed by atoms with Crippen molar-refractivity contribution in [3.05, 3.63) is 0 Å². The standard InChI is InChI=1S/C10H21BN2O/c1-3-7(2)9(12)10(14)13-6-4-5-8(13)11/h7-9H,3-6,11-12H2,1-2H3. The van der Waals surface area contributed by atoms with Crippen LogP contribution < -0.4 is 5.73 Å². The molecule has 4 heteroatoms. The summed E-state index contributed by atoms with van der Waals surface area (Å²) in [6.45, 7) is 5.01. The van der Waals surface area contributed by atoms with E-state index in [4.69, 9.17) is 5.73 Å². The van der Waals surface area contributed by atoms with Gasteiger partial charge in [-0.3, -0.25) is 4.79 Å². The molecule has 2 N–H and O–H groups in total. The summed E-state index contributed by atoms with van der Waals surface area (Å²) in [5.41, 5.74) is 5.92. The molecule has 1 fully saturated rings. The summed E-state index contributed by atoms with van der Waals surface area (Å²) in [5.74, 6) is 0.817. The minimum absolute atomic E-state index is 0.143. The first-order chi connectivity index (χ1) is 6.57. The number of hydrogen-bond donors (Lipinski definition) is 1. The molecule has 3 atom stereocenters. The minimum atomic E-state index is -0.305. The summed E-state index contributed by atoms with van der Waals surface area (Å²) in [6, 6.07) is -0.305. The topological polar surface area (TPSA) is 46.3 Å². The summed E-state index contributed by atoms with van der Waals surface area (Å²) < 4.78 is 0. The van der Waals surface area contributed by atoms with Gasteiger partial charge in [-0.05, 0) is 24.7 Å². The summed E-state index contributed by atoms with van der Waals surface area (Å²) >= 11 is 0. The number of carbonyl (C=O) groups is 1. The van der Waals surface area contributed by atoms with Crippen LogP contribution in [-0.2, 0) is 4.79 Å². The van der Waals surface area contributed by atoms with Crippen LogP contribution in [0.3, 0.4) is 0 Å². The van der Waals surface area contributed by atoms with E-state index in [-0.39, 0.29) is 17.9 Å². The van der Waals surface area contributed by atoms with E-state index in [1.807, 2.05) is 11.8 Å². The van der Waals surface area contributed by atoms with E-state index in [1.165, 1.54) is 0 Å². The van der Waals surface area contributed by atoms with Gasteiger partial charge in [-0.25, -0.2) is 0 Å². The van der Waals surface area contributed by atoms with E-state index in [1.54, 1.807) is 0 Å². The van der Waals surface area contributed by atoms with E-state index in [9.17, 15) is 4.79 Å². The van der Waals surface area contributed by atoms with Crippen molar-refractivity contribution < 1.29 is 4.79 Å². The predicted molar refractivity (Wildman–Crippen MR) is 60.7 cm³/mol. The summed E-state index contributed by atoms with van der Waals surface area (Å²) in [4.78, 5) is 13.9. The molecule has 1 aliphatic rings. The Morgan fingerprint density at radius 3 is 2.79 bits per heavy atom. The fraction of sp³-hybridized carbons (Fsp3) is 0.900. The third-order valence-corrected chi connectivity index (χ3v) is 3.38. The van der Waals surface area contributed by atoms with Gasteiger partial charge < -0.3 is 10.6 Å². The molecule has 0 aromatic heterocycles. The molecule has 1 amide bonds. The van der Waals surface area contributed by atoms with Gasteiger partial charge >= 0.3 is 0 Å². The van der Waals surface area contributed by atoms with Crippen LogP contribution in [0.5, 0.6) is 0 Å². The van der Waals surface area contributed by atoms with Crippen molar-refractivity contribution in [2.75, 3.05) is 6.54 Å². The average molecular weight is 196 g/mol. The molecule has 1 aliphatic heterocycles. The average Bonchev–Trinajstić information content (AvgIpc) is 2.61. The van der Waals surface area contributed by atoms with E-state index in [0.717, 1.165) is 25.8 Å². The lowest BCUT2D eigenvalue weighted by Gasteiger charge is -2.27. The van der Waals surface area contributed by atoms with Crippen LogP contribution in [0.2, 0.25) is 0 Å². The van der Waals surface area contributed by atoms with Gasteiger partial charge in [-0.15, -0.1) is 0 Å². The second kappa shape index (κ2) is 4.83. The lowest BCUT2D eigenvalue weighted by molar-refractivity contribution is -0.133. The molecule has 1 heterocycles. The highest BCUT2D eigenvalue weighted by Crippen LogP contribution is 2.17. The molecule has 0 aromatic rings. The maximum Gasteiger partial charge on any atom is 0.239 e. The number of nitrogens with two attached hydrogens (primary N) is 1. The number of likely N-dealkylation sites (tertiary alicyclic amines) is 1. The SMILES string of the molecule is BC1CCCN1C(=O)C(N)C(C)CC. The zero-order valence-corrected chi connectivity index (χ0v) is 9.49. The lowest BCUT2D eigenvalue weighted by Crippen LogP contribution is -2.48. The molecule has 1 saturated heterocycles. The first-order valence-electron chi connectivity index (χ1n) is 5.64. The van der Waals surface area contributed by atoms with Crippen molar-refractivity contribution in [2.24, 2.45) is 11.7 Å². The second-order valence-corrected chi connectivity index (χ2v) is 4.43. The monoisotopic (exact) mass is 196 g/mol. The third kappa shape index (κ3) is 2.29. The number of carbonyl (C=O) groups excluding carboxylic acids is 1. The highest BCUT2D eigenvalue weighted by Gasteiger charge is 2.30. The summed E-state index contributed by atoms with van der Waals surface area (Å²) in [6.07, 6.45) is 3.22. The first-order valence-corrected chi connectivity index (χ1v) is 5.64. The fourth-order valence-electron chi connectivity index (χ4n) is 1.95. The Labute approximate surface area is 87.4 Å². The largest absolute Gasteiger partial charge is 0.347 e. The van der Waals surface area contributed by atoms with Crippen LogP contribution in [0.4, 0.5) is 0 Å². The Balaban J connectivity index is 2.55. The van der Waals surface area contributed by atoms with Crippen LogP contribution in [-0.4, -0.2) is 37.2 Å². The van der Waals surface area contributed by atoms with E-state index < -0.39 is 0 Å². The van der Waals surface area contributed by atoms with Crippen molar-refractivity contribution in [3.8, 4) is 0 Å². The van der Waals surface area contributed by atoms with Crippen LogP contribution in [0.25, 0.3) is 0 Å². The van der Waals surface area contributed by atoms with Crippen LogP contribution in [0, 0.1) is 5.92 Å². The number of nitrogens with zero attached hydrogens (tertiary/aromatic N) is 1. The number of rotatable bonds is 3. The van der Waals surface area contributed by atoms with Crippen molar-refractivity contribution in [1.82, 2.24) is 4.90 Å². The van der Waals surface area contributed by atoms with Gasteiger partial charge in [0, 0.05) is 6.54 Å². The molecule has 0 radical (unpaired) electrons. The summed E-state index contributed by atoms with van der Waals surface area (Å²) in [5, 5.41) is 0. The fourth-order valence-corrected chi connectivity index (χ4v) is 1.95. The van der Waals surface area contributed by atoms with Crippen LogP contribution in [0.1, 0.15) is 33.1 Å². The molecule has 14 heavy (non-hydrogen) atoms. The number of hydrogen-bond acceptors (Lipinski definition) is 2. The molecule has 0 aromatic carbocycles. The Morgan fingerprint density at radius 1 is 1.71 bits per heavy atom. The Morgan fingerprint density at radius 2 is 2.36 bits per heavy atom. The van der Waals surface area contributed by atoms with Gasteiger partial charge in [0.1, 0.15) is 7.85 Å². The van der Waals surface area contributed by atoms with Gasteiger partial charge in [-0.2, -0.15) is 0 Å². The molecule has 3 nitrogen and oxygen atoms in total. The molecular formula is C10H21BN2O. The Bertz CT molecular complexity index is 210. The molecule has 0 bridgehead atoms. The quantitative estimate of drug-likeness (QED) is 0.643. The van der Waals surface area contributed by atoms with Crippen molar-refractivity contribution in [3.63, 3.8) is 0 Å². The van der Waals surface area contributed by atoms with Gasteiger partial charge in [-0.1, -0.05) is 20.3 Å². The smallest absolute Gasteiger partial charge is 0.239 e. The molecule has 80 valence electrons. The predicted octanol–water partition coefficient (Wildman–Crippen LogP) is -0.0586. The van der Waals surface area contributed by atoms with E-state index >= 15 is 0 Å². The molecule has 3 unspecified atom stereocenters. The maximum atomic E-state index is 12.0. The molecular weight excluding hydrogens is 175 g/mol. The second-order valence-electron chi connectivity index (χ2n) is 4.43.